The summed E-state index contributed by atoms with van der Waals surface area (Å²) in [5.41, 5.74) is 15.2. The van der Waals surface area contributed by atoms with Crippen molar-refractivity contribution in [3.05, 3.63) is 163 Å². The molecule has 0 saturated carbocycles. The Morgan fingerprint density at radius 3 is 1.70 bits per heavy atom. The molecule has 3 heterocycles. The standard InChI is InChI=1S/C43H29NO2/c1-3-10-28(11-4-1)40-24-34(25-41(44-40)29-12-5-2-6-13-29)30-18-20-32-26-45-27-33-21-19-31(23-39(33)38(32)22-30)35-15-9-16-37-36-14-7-8-17-42(36)46-43(35)37/h1-25H,26-27H2. The van der Waals surface area contributed by atoms with E-state index in [4.69, 9.17) is 14.1 Å². The molecule has 0 saturated heterocycles. The molecule has 46 heavy (non-hydrogen) atoms. The van der Waals surface area contributed by atoms with E-state index in [1.807, 2.05) is 24.3 Å². The van der Waals surface area contributed by atoms with Gasteiger partial charge in [-0.1, -0.05) is 121 Å². The van der Waals surface area contributed by atoms with Crippen LogP contribution in [0.4, 0.5) is 0 Å². The Labute approximate surface area is 267 Å². The number of hydrogen-bond acceptors (Lipinski definition) is 3. The van der Waals surface area contributed by atoms with Gasteiger partial charge in [0.2, 0.25) is 0 Å². The first-order valence-corrected chi connectivity index (χ1v) is 15.7. The maximum Gasteiger partial charge on any atom is 0.143 e. The predicted octanol–water partition coefficient (Wildman–Crippen LogP) is 11.3. The summed E-state index contributed by atoms with van der Waals surface area (Å²) >= 11 is 0. The summed E-state index contributed by atoms with van der Waals surface area (Å²) in [6.45, 7) is 1.14. The highest BCUT2D eigenvalue weighted by Gasteiger charge is 2.19. The fourth-order valence-electron chi connectivity index (χ4n) is 6.71. The van der Waals surface area contributed by atoms with E-state index in [0.29, 0.717) is 13.2 Å². The molecule has 0 radical (unpaired) electrons. The van der Waals surface area contributed by atoms with Gasteiger partial charge in [0.1, 0.15) is 11.2 Å². The van der Waals surface area contributed by atoms with Crippen molar-refractivity contribution < 1.29 is 9.15 Å². The second kappa shape index (κ2) is 11.0. The van der Waals surface area contributed by atoms with E-state index in [2.05, 4.69) is 127 Å². The topological polar surface area (TPSA) is 35.3 Å². The van der Waals surface area contributed by atoms with Crippen LogP contribution in [0.1, 0.15) is 11.1 Å². The van der Waals surface area contributed by atoms with E-state index < -0.39 is 0 Å². The lowest BCUT2D eigenvalue weighted by molar-refractivity contribution is 0.110. The van der Waals surface area contributed by atoms with Crippen LogP contribution in [0.5, 0.6) is 0 Å². The second-order valence-corrected chi connectivity index (χ2v) is 11.9. The minimum Gasteiger partial charge on any atom is -0.455 e. The van der Waals surface area contributed by atoms with Crippen LogP contribution in [0, 0.1) is 0 Å². The van der Waals surface area contributed by atoms with Crippen LogP contribution in [0.2, 0.25) is 0 Å². The molecule has 0 spiro atoms. The van der Waals surface area contributed by atoms with Crippen LogP contribution in [-0.2, 0) is 18.0 Å². The first-order valence-electron chi connectivity index (χ1n) is 15.7. The Balaban J connectivity index is 1.20. The van der Waals surface area contributed by atoms with Crippen molar-refractivity contribution in [2.75, 3.05) is 0 Å². The number of pyridine rings is 1. The largest absolute Gasteiger partial charge is 0.455 e. The molecule has 0 fully saturated rings. The number of para-hydroxylation sites is 2. The monoisotopic (exact) mass is 591 g/mol. The molecule has 1 aliphatic rings. The highest BCUT2D eigenvalue weighted by Crippen LogP contribution is 2.41. The second-order valence-electron chi connectivity index (χ2n) is 11.9. The molecular weight excluding hydrogens is 562 g/mol. The Morgan fingerprint density at radius 2 is 1.00 bits per heavy atom. The van der Waals surface area contributed by atoms with Gasteiger partial charge in [-0.2, -0.15) is 0 Å². The molecular formula is C43H29NO2. The van der Waals surface area contributed by atoms with Crippen molar-refractivity contribution in [3.8, 4) is 55.9 Å². The molecule has 218 valence electrons. The van der Waals surface area contributed by atoms with Gasteiger partial charge in [0, 0.05) is 27.5 Å². The molecule has 0 unspecified atom stereocenters. The minimum absolute atomic E-state index is 0.569. The highest BCUT2D eigenvalue weighted by atomic mass is 16.5. The zero-order chi connectivity index (χ0) is 30.5. The molecule has 1 aliphatic heterocycles. The van der Waals surface area contributed by atoms with E-state index >= 15 is 0 Å². The lowest BCUT2D eigenvalue weighted by Gasteiger charge is -2.15. The minimum atomic E-state index is 0.569. The first-order chi connectivity index (χ1) is 22.8. The average Bonchev–Trinajstić information content (AvgIpc) is 3.41. The lowest BCUT2D eigenvalue weighted by atomic mass is 9.90. The number of aromatic nitrogens is 1. The summed E-state index contributed by atoms with van der Waals surface area (Å²) < 4.78 is 12.6. The van der Waals surface area contributed by atoms with Crippen molar-refractivity contribution in [3.63, 3.8) is 0 Å². The highest BCUT2D eigenvalue weighted by molar-refractivity contribution is 6.09. The molecule has 0 amide bonds. The molecule has 9 rings (SSSR count). The van der Waals surface area contributed by atoms with E-state index in [0.717, 1.165) is 66.7 Å². The van der Waals surface area contributed by atoms with Gasteiger partial charge in [-0.25, -0.2) is 4.98 Å². The van der Waals surface area contributed by atoms with E-state index in [9.17, 15) is 0 Å². The van der Waals surface area contributed by atoms with Gasteiger partial charge >= 0.3 is 0 Å². The normalized spacial score (nSPS) is 12.5. The molecule has 0 aliphatic carbocycles. The lowest BCUT2D eigenvalue weighted by Crippen LogP contribution is -1.93. The van der Waals surface area contributed by atoms with E-state index in [-0.39, 0.29) is 0 Å². The van der Waals surface area contributed by atoms with Crippen molar-refractivity contribution in [2.24, 2.45) is 0 Å². The molecule has 0 atom stereocenters. The molecule has 0 N–H and O–H groups in total. The maximum atomic E-state index is 6.42. The number of rotatable bonds is 4. The zero-order valence-electron chi connectivity index (χ0n) is 25.1. The molecule has 6 aromatic carbocycles. The molecule has 2 aromatic heterocycles. The average molecular weight is 592 g/mol. The molecule has 8 aromatic rings. The Morgan fingerprint density at radius 1 is 0.413 bits per heavy atom. The predicted molar refractivity (Wildman–Crippen MR) is 187 cm³/mol. The fourth-order valence-corrected chi connectivity index (χ4v) is 6.71. The van der Waals surface area contributed by atoms with Gasteiger partial charge in [0.15, 0.2) is 0 Å². The third kappa shape index (κ3) is 4.61. The van der Waals surface area contributed by atoms with Gasteiger partial charge < -0.3 is 9.15 Å². The summed E-state index contributed by atoms with van der Waals surface area (Å²) in [4.78, 5) is 5.09. The number of ether oxygens (including phenoxy) is 1. The van der Waals surface area contributed by atoms with Crippen LogP contribution in [-0.4, -0.2) is 4.98 Å². The summed E-state index contributed by atoms with van der Waals surface area (Å²) in [5.74, 6) is 0. The van der Waals surface area contributed by atoms with Crippen molar-refractivity contribution in [2.45, 2.75) is 13.2 Å². The molecule has 3 heteroatoms. The fraction of sp³-hybridized carbons (Fsp3) is 0.0465. The van der Waals surface area contributed by atoms with Crippen molar-refractivity contribution >= 4 is 21.9 Å². The number of furan rings is 1. The van der Waals surface area contributed by atoms with Crippen LogP contribution in [0.3, 0.4) is 0 Å². The van der Waals surface area contributed by atoms with Crippen molar-refractivity contribution in [1.29, 1.82) is 0 Å². The number of nitrogens with zero attached hydrogens (tertiary/aromatic N) is 1. The number of fused-ring (bicyclic) bond motifs is 6. The van der Waals surface area contributed by atoms with Gasteiger partial charge in [-0.05, 0) is 69.3 Å². The third-order valence-corrected chi connectivity index (χ3v) is 9.04. The number of benzene rings is 6. The van der Waals surface area contributed by atoms with Gasteiger partial charge in [-0.3, -0.25) is 0 Å². The maximum absolute atomic E-state index is 6.42. The smallest absolute Gasteiger partial charge is 0.143 e. The Bertz CT molecular complexity index is 2330. The van der Waals surface area contributed by atoms with E-state index in [1.54, 1.807) is 0 Å². The summed E-state index contributed by atoms with van der Waals surface area (Å²) in [5, 5.41) is 2.27. The third-order valence-electron chi connectivity index (χ3n) is 9.04. The summed E-state index contributed by atoms with van der Waals surface area (Å²) in [6, 6.07) is 53.4. The van der Waals surface area contributed by atoms with Gasteiger partial charge in [0.25, 0.3) is 0 Å². The van der Waals surface area contributed by atoms with Crippen LogP contribution < -0.4 is 0 Å². The molecule has 3 nitrogen and oxygen atoms in total. The number of hydrogen-bond donors (Lipinski definition) is 0. The van der Waals surface area contributed by atoms with Crippen LogP contribution in [0.25, 0.3) is 77.8 Å². The quantitative estimate of drug-likeness (QED) is 0.204. The molecule has 0 bridgehead atoms. The Kier molecular flexibility index (Phi) is 6.36. The van der Waals surface area contributed by atoms with Crippen LogP contribution >= 0.6 is 0 Å². The van der Waals surface area contributed by atoms with Gasteiger partial charge in [0.05, 0.1) is 24.6 Å². The summed E-state index contributed by atoms with van der Waals surface area (Å²) in [7, 11) is 0. The van der Waals surface area contributed by atoms with E-state index in [1.165, 1.54) is 22.3 Å². The van der Waals surface area contributed by atoms with Crippen LogP contribution in [0.15, 0.2) is 156 Å². The first kappa shape index (κ1) is 26.6. The Hall–Kier alpha value is -5.77. The summed E-state index contributed by atoms with van der Waals surface area (Å²) in [6.07, 6.45) is 0. The van der Waals surface area contributed by atoms with Crippen molar-refractivity contribution in [1.82, 2.24) is 4.98 Å². The zero-order valence-corrected chi connectivity index (χ0v) is 25.1. The van der Waals surface area contributed by atoms with Gasteiger partial charge in [-0.15, -0.1) is 0 Å². The SMILES string of the molecule is c1ccc(-c2cc(-c3ccc4c(c3)-c3cc(-c5cccc6c5oc5ccccc56)ccc3COC4)cc(-c3ccccc3)n2)cc1.